The minimum absolute atomic E-state index is 0.133. The fourth-order valence-corrected chi connectivity index (χ4v) is 2.14. The number of ether oxygens (including phenoxy) is 2. The van der Waals surface area contributed by atoms with Crippen LogP contribution in [0.3, 0.4) is 0 Å². The largest absolute Gasteiger partial charge is 0.493 e. The first-order chi connectivity index (χ1) is 11.0. The van der Waals surface area contributed by atoms with Gasteiger partial charge < -0.3 is 14.8 Å². The van der Waals surface area contributed by atoms with E-state index < -0.39 is 5.82 Å². The molecule has 0 fully saturated rings. The van der Waals surface area contributed by atoms with E-state index in [2.05, 4.69) is 5.32 Å². The maximum absolute atomic E-state index is 13.0. The molecule has 0 spiro atoms. The molecule has 0 aliphatic carbocycles. The summed E-state index contributed by atoms with van der Waals surface area (Å²) in [5.41, 5.74) is 0.717. The van der Waals surface area contributed by atoms with Crippen molar-refractivity contribution in [1.82, 2.24) is 0 Å². The molecule has 0 radical (unpaired) electrons. The van der Waals surface area contributed by atoms with E-state index in [9.17, 15) is 9.18 Å². The topological polar surface area (TPSA) is 47.6 Å². The molecular weight excluding hydrogens is 321 g/mol. The summed E-state index contributed by atoms with van der Waals surface area (Å²) in [4.78, 5) is 12.3. The molecule has 2 rings (SSSR count). The first kappa shape index (κ1) is 17.1. The van der Waals surface area contributed by atoms with Crippen molar-refractivity contribution in [3.8, 4) is 11.5 Å². The third-order valence-electron chi connectivity index (χ3n) is 3.07. The van der Waals surface area contributed by atoms with Crippen molar-refractivity contribution >= 4 is 23.2 Å². The summed E-state index contributed by atoms with van der Waals surface area (Å²) >= 11 is 5.90. The average Bonchev–Trinajstić information content (AvgIpc) is 2.55. The molecule has 23 heavy (non-hydrogen) atoms. The van der Waals surface area contributed by atoms with Gasteiger partial charge in [0.25, 0.3) is 5.91 Å². The number of carbonyl (C=O) groups excluding carboxylic acids is 1. The van der Waals surface area contributed by atoms with Crippen molar-refractivity contribution < 1.29 is 18.7 Å². The number of nitrogens with one attached hydrogen (secondary N) is 1. The molecule has 1 N–H and O–H groups in total. The summed E-state index contributed by atoms with van der Waals surface area (Å²) in [6.45, 7) is 2.56. The normalized spacial score (nSPS) is 10.3. The van der Waals surface area contributed by atoms with Crippen LogP contribution in [-0.4, -0.2) is 19.6 Å². The molecule has 0 bridgehead atoms. The number of hydrogen-bond acceptors (Lipinski definition) is 3. The quantitative estimate of drug-likeness (QED) is 0.842. The summed E-state index contributed by atoms with van der Waals surface area (Å²) < 4.78 is 23.8. The van der Waals surface area contributed by atoms with E-state index in [0.717, 1.165) is 12.5 Å². The Morgan fingerprint density at radius 3 is 2.65 bits per heavy atom. The number of methoxy groups -OCH3 is 1. The molecule has 122 valence electrons. The van der Waals surface area contributed by atoms with Crippen LogP contribution in [0.5, 0.6) is 11.5 Å². The number of anilines is 1. The van der Waals surface area contributed by atoms with Gasteiger partial charge in [-0.05, 0) is 42.8 Å². The van der Waals surface area contributed by atoms with Crippen molar-refractivity contribution in [3.63, 3.8) is 0 Å². The van der Waals surface area contributed by atoms with E-state index in [0.29, 0.717) is 29.4 Å². The van der Waals surface area contributed by atoms with Gasteiger partial charge in [0, 0.05) is 5.56 Å². The summed E-state index contributed by atoms with van der Waals surface area (Å²) in [5, 5.41) is 2.77. The second kappa shape index (κ2) is 7.83. The number of hydrogen-bond donors (Lipinski definition) is 1. The molecule has 1 amide bonds. The Bertz CT molecular complexity index is 706. The monoisotopic (exact) mass is 337 g/mol. The van der Waals surface area contributed by atoms with E-state index in [1.54, 1.807) is 18.2 Å². The van der Waals surface area contributed by atoms with Crippen LogP contribution in [0.1, 0.15) is 23.7 Å². The van der Waals surface area contributed by atoms with Crippen LogP contribution < -0.4 is 14.8 Å². The lowest BCUT2D eigenvalue weighted by molar-refractivity contribution is 0.102. The third kappa shape index (κ3) is 4.36. The van der Waals surface area contributed by atoms with Crippen molar-refractivity contribution in [1.29, 1.82) is 0 Å². The Labute approximate surface area is 139 Å². The smallest absolute Gasteiger partial charge is 0.255 e. The van der Waals surface area contributed by atoms with E-state index in [1.807, 2.05) is 6.92 Å². The van der Waals surface area contributed by atoms with Crippen LogP contribution in [0.25, 0.3) is 0 Å². The number of amides is 1. The van der Waals surface area contributed by atoms with Gasteiger partial charge in [-0.1, -0.05) is 18.5 Å². The fourth-order valence-electron chi connectivity index (χ4n) is 1.93. The molecule has 0 unspecified atom stereocenters. The molecule has 0 aliphatic rings. The van der Waals surface area contributed by atoms with Gasteiger partial charge in [-0.25, -0.2) is 4.39 Å². The van der Waals surface area contributed by atoms with Gasteiger partial charge in [0.1, 0.15) is 5.82 Å². The maximum Gasteiger partial charge on any atom is 0.255 e. The minimum atomic E-state index is -0.466. The second-order valence-corrected chi connectivity index (χ2v) is 5.20. The molecule has 0 saturated carbocycles. The molecule has 0 aliphatic heterocycles. The summed E-state index contributed by atoms with van der Waals surface area (Å²) in [7, 11) is 1.51. The van der Waals surface area contributed by atoms with Crippen molar-refractivity contribution in [2.75, 3.05) is 19.0 Å². The standard InChI is InChI=1S/C17H17ClFNO3/c1-3-8-23-15-7-4-11(9-16(15)22-2)17(21)20-14-6-5-12(19)10-13(14)18/h4-7,9-10H,3,8H2,1-2H3,(H,20,21). The number of rotatable bonds is 6. The molecule has 0 aromatic heterocycles. The molecule has 2 aromatic rings. The predicted octanol–water partition coefficient (Wildman–Crippen LogP) is 4.53. The van der Waals surface area contributed by atoms with Crippen LogP contribution in [0.2, 0.25) is 5.02 Å². The van der Waals surface area contributed by atoms with Crippen molar-refractivity contribution in [2.45, 2.75) is 13.3 Å². The van der Waals surface area contributed by atoms with Gasteiger partial charge in [-0.15, -0.1) is 0 Å². The number of carbonyl (C=O) groups is 1. The summed E-state index contributed by atoms with van der Waals surface area (Å²) in [6, 6.07) is 8.66. The van der Waals surface area contributed by atoms with Crippen LogP contribution in [0.15, 0.2) is 36.4 Å². The summed E-state index contributed by atoms with van der Waals surface area (Å²) in [6.07, 6.45) is 0.870. The van der Waals surface area contributed by atoms with Crippen molar-refractivity contribution in [3.05, 3.63) is 52.8 Å². The highest BCUT2D eigenvalue weighted by atomic mass is 35.5. The van der Waals surface area contributed by atoms with Crippen LogP contribution in [0.4, 0.5) is 10.1 Å². The van der Waals surface area contributed by atoms with Gasteiger partial charge in [0.15, 0.2) is 11.5 Å². The van der Waals surface area contributed by atoms with Gasteiger partial charge in [0.2, 0.25) is 0 Å². The second-order valence-electron chi connectivity index (χ2n) is 4.79. The zero-order chi connectivity index (χ0) is 16.8. The van der Waals surface area contributed by atoms with Gasteiger partial charge in [-0.3, -0.25) is 4.79 Å². The van der Waals surface area contributed by atoms with E-state index in [-0.39, 0.29) is 10.9 Å². The SMILES string of the molecule is CCCOc1ccc(C(=O)Nc2ccc(F)cc2Cl)cc1OC. The maximum atomic E-state index is 13.0. The Morgan fingerprint density at radius 2 is 2.00 bits per heavy atom. The van der Waals surface area contributed by atoms with E-state index >= 15 is 0 Å². The van der Waals surface area contributed by atoms with Gasteiger partial charge in [0.05, 0.1) is 24.4 Å². The van der Waals surface area contributed by atoms with Crippen LogP contribution in [0, 0.1) is 5.82 Å². The molecule has 0 saturated heterocycles. The lowest BCUT2D eigenvalue weighted by atomic mass is 10.1. The minimum Gasteiger partial charge on any atom is -0.493 e. The van der Waals surface area contributed by atoms with Gasteiger partial charge in [-0.2, -0.15) is 0 Å². The first-order valence-corrected chi connectivity index (χ1v) is 7.50. The highest BCUT2D eigenvalue weighted by molar-refractivity contribution is 6.33. The fraction of sp³-hybridized carbons (Fsp3) is 0.235. The Kier molecular flexibility index (Phi) is 5.82. The lowest BCUT2D eigenvalue weighted by Gasteiger charge is -2.12. The molecule has 0 heterocycles. The predicted molar refractivity (Wildman–Crippen MR) is 88.1 cm³/mol. The van der Waals surface area contributed by atoms with E-state index in [4.69, 9.17) is 21.1 Å². The highest BCUT2D eigenvalue weighted by Gasteiger charge is 2.13. The zero-order valence-electron chi connectivity index (χ0n) is 12.9. The molecule has 2 aromatic carbocycles. The Hall–Kier alpha value is -2.27. The average molecular weight is 338 g/mol. The number of halogens is 2. The third-order valence-corrected chi connectivity index (χ3v) is 3.38. The Balaban J connectivity index is 2.18. The lowest BCUT2D eigenvalue weighted by Crippen LogP contribution is -2.12. The van der Waals surface area contributed by atoms with Crippen LogP contribution in [-0.2, 0) is 0 Å². The Morgan fingerprint density at radius 1 is 1.22 bits per heavy atom. The highest BCUT2D eigenvalue weighted by Crippen LogP contribution is 2.29. The molecule has 6 heteroatoms. The number of benzene rings is 2. The van der Waals surface area contributed by atoms with E-state index in [1.165, 1.54) is 19.2 Å². The molecule has 4 nitrogen and oxygen atoms in total. The molecule has 0 atom stereocenters. The zero-order valence-corrected chi connectivity index (χ0v) is 13.6. The molecular formula is C17H17ClFNO3. The van der Waals surface area contributed by atoms with Gasteiger partial charge >= 0.3 is 0 Å². The van der Waals surface area contributed by atoms with Crippen LogP contribution >= 0.6 is 11.6 Å². The van der Waals surface area contributed by atoms with Crippen molar-refractivity contribution in [2.24, 2.45) is 0 Å². The first-order valence-electron chi connectivity index (χ1n) is 7.12. The summed E-state index contributed by atoms with van der Waals surface area (Å²) in [5.74, 6) is 0.202.